The van der Waals surface area contributed by atoms with Crippen molar-refractivity contribution in [3.8, 4) is 5.75 Å². The van der Waals surface area contributed by atoms with E-state index in [0.717, 1.165) is 12.8 Å². The average Bonchev–Trinajstić information content (AvgIpc) is 2.95. The predicted octanol–water partition coefficient (Wildman–Crippen LogP) is 4.32. The highest BCUT2D eigenvalue weighted by molar-refractivity contribution is 5.96. The Kier molecular flexibility index (Phi) is 6.85. The summed E-state index contributed by atoms with van der Waals surface area (Å²) in [7, 11) is 0. The number of hydrogen-bond acceptors (Lipinski definition) is 2. The summed E-state index contributed by atoms with van der Waals surface area (Å²) in [5.41, 5.74) is 0.788. The highest BCUT2D eigenvalue weighted by Crippen LogP contribution is 2.23. The Balaban J connectivity index is 0.00000141. The second-order valence-electron chi connectivity index (χ2n) is 4.42. The number of ether oxygens (including phenoxy) is 1. The van der Waals surface area contributed by atoms with Crippen LogP contribution in [0, 0.1) is 6.92 Å². The zero-order valence-electron chi connectivity index (χ0n) is 12.5. The third kappa shape index (κ3) is 4.85. The van der Waals surface area contributed by atoms with Gasteiger partial charge in [0.15, 0.2) is 0 Å². The maximum absolute atomic E-state index is 12.2. The van der Waals surface area contributed by atoms with E-state index in [0.29, 0.717) is 11.1 Å². The molecule has 0 saturated carbocycles. The summed E-state index contributed by atoms with van der Waals surface area (Å²) in [5, 5.41) is 2.87. The van der Waals surface area contributed by atoms with Crippen LogP contribution >= 0.6 is 0 Å². The van der Waals surface area contributed by atoms with Crippen LogP contribution in [0.25, 0.3) is 0 Å². The minimum Gasteiger partial charge on any atom is -0.435 e. The maximum atomic E-state index is 12.2. The van der Waals surface area contributed by atoms with E-state index in [4.69, 9.17) is 0 Å². The molecule has 0 aromatic heterocycles. The third-order valence-electron chi connectivity index (χ3n) is 3.09. The SMILES string of the molecule is CC.Cc1c(OC(F)F)cccc1C(=O)NC1CC=CC1.[HH]. The van der Waals surface area contributed by atoms with Gasteiger partial charge in [-0.1, -0.05) is 32.1 Å². The van der Waals surface area contributed by atoms with Crippen LogP contribution in [0.5, 0.6) is 5.75 Å². The van der Waals surface area contributed by atoms with Crippen molar-refractivity contribution in [2.75, 3.05) is 0 Å². The molecule has 0 heterocycles. The van der Waals surface area contributed by atoms with Gasteiger partial charge in [-0.2, -0.15) is 8.78 Å². The summed E-state index contributed by atoms with van der Waals surface area (Å²) in [4.78, 5) is 12.1. The largest absolute Gasteiger partial charge is 0.435 e. The topological polar surface area (TPSA) is 38.3 Å². The van der Waals surface area contributed by atoms with Crippen molar-refractivity contribution in [1.29, 1.82) is 0 Å². The summed E-state index contributed by atoms with van der Waals surface area (Å²) >= 11 is 0. The van der Waals surface area contributed by atoms with Crippen molar-refractivity contribution in [3.63, 3.8) is 0 Å². The number of alkyl halides is 2. The van der Waals surface area contributed by atoms with E-state index in [1.807, 2.05) is 26.0 Å². The van der Waals surface area contributed by atoms with E-state index < -0.39 is 6.61 Å². The maximum Gasteiger partial charge on any atom is 0.387 e. The summed E-state index contributed by atoms with van der Waals surface area (Å²) < 4.78 is 28.8. The van der Waals surface area contributed by atoms with Crippen LogP contribution in [-0.2, 0) is 0 Å². The number of nitrogens with one attached hydrogen (secondary N) is 1. The molecule has 3 nitrogen and oxygen atoms in total. The number of carbonyl (C=O) groups excluding carboxylic acids is 1. The number of rotatable bonds is 4. The van der Waals surface area contributed by atoms with Crippen LogP contribution in [0.4, 0.5) is 8.78 Å². The predicted molar refractivity (Wildman–Crippen MR) is 80.9 cm³/mol. The number of benzene rings is 1. The van der Waals surface area contributed by atoms with Crippen molar-refractivity contribution in [2.45, 2.75) is 46.3 Å². The Morgan fingerprint density at radius 1 is 1.33 bits per heavy atom. The van der Waals surface area contributed by atoms with Crippen LogP contribution in [-0.4, -0.2) is 18.6 Å². The lowest BCUT2D eigenvalue weighted by molar-refractivity contribution is -0.0503. The molecular weight excluding hydrogens is 276 g/mol. The first-order valence-electron chi connectivity index (χ1n) is 7.08. The summed E-state index contributed by atoms with van der Waals surface area (Å²) in [6, 6.07) is 4.65. The lowest BCUT2D eigenvalue weighted by Crippen LogP contribution is -2.33. The van der Waals surface area contributed by atoms with E-state index >= 15 is 0 Å². The fraction of sp³-hybridized carbons (Fsp3) is 0.438. The highest BCUT2D eigenvalue weighted by Gasteiger charge is 2.18. The van der Waals surface area contributed by atoms with Crippen LogP contribution in [0.1, 0.15) is 44.0 Å². The first-order chi connectivity index (χ1) is 10.1. The number of carbonyl (C=O) groups is 1. The fourth-order valence-corrected chi connectivity index (χ4v) is 2.08. The summed E-state index contributed by atoms with van der Waals surface area (Å²) in [6.45, 7) is 2.70. The van der Waals surface area contributed by atoms with Crippen molar-refractivity contribution < 1.29 is 19.7 Å². The molecule has 1 aromatic carbocycles. The molecule has 0 aliphatic heterocycles. The quantitative estimate of drug-likeness (QED) is 0.841. The van der Waals surface area contributed by atoms with E-state index in [9.17, 15) is 13.6 Å². The van der Waals surface area contributed by atoms with Gasteiger partial charge in [0.1, 0.15) is 5.75 Å². The molecule has 0 fully saturated rings. The fourth-order valence-electron chi connectivity index (χ4n) is 2.08. The van der Waals surface area contributed by atoms with Crippen molar-refractivity contribution >= 4 is 5.91 Å². The monoisotopic (exact) mass is 299 g/mol. The van der Waals surface area contributed by atoms with E-state index in [-0.39, 0.29) is 19.1 Å². The third-order valence-corrected chi connectivity index (χ3v) is 3.09. The number of halogens is 2. The van der Waals surface area contributed by atoms with Crippen molar-refractivity contribution in [2.24, 2.45) is 0 Å². The second-order valence-corrected chi connectivity index (χ2v) is 4.42. The normalized spacial score (nSPS) is 13.8. The number of hydrogen-bond donors (Lipinski definition) is 1. The minimum atomic E-state index is -2.89. The van der Waals surface area contributed by atoms with E-state index in [2.05, 4.69) is 10.1 Å². The molecule has 1 aliphatic rings. The summed E-state index contributed by atoms with van der Waals surface area (Å²) in [6.07, 6.45) is 5.62. The van der Waals surface area contributed by atoms with Gasteiger partial charge in [-0.15, -0.1) is 0 Å². The zero-order chi connectivity index (χ0) is 15.8. The van der Waals surface area contributed by atoms with Gasteiger partial charge >= 0.3 is 6.61 Å². The smallest absolute Gasteiger partial charge is 0.387 e. The standard InChI is InChI=1S/C14H15F2NO2.C2H6.H2/c1-9-11(7-4-8-12(9)19-14(15)16)13(18)17-10-5-2-3-6-10;1-2;/h2-4,7-8,10,14H,5-6H2,1H3,(H,17,18);1-2H3;1H. The molecule has 0 bridgehead atoms. The Morgan fingerprint density at radius 3 is 2.52 bits per heavy atom. The van der Waals surface area contributed by atoms with Crippen LogP contribution in [0.15, 0.2) is 30.4 Å². The molecule has 1 amide bonds. The lowest BCUT2D eigenvalue weighted by atomic mass is 10.1. The Morgan fingerprint density at radius 2 is 1.95 bits per heavy atom. The van der Waals surface area contributed by atoms with Crippen LogP contribution in [0.3, 0.4) is 0 Å². The van der Waals surface area contributed by atoms with Gasteiger partial charge in [0.05, 0.1) is 0 Å². The van der Waals surface area contributed by atoms with Gasteiger partial charge in [-0.25, -0.2) is 0 Å². The van der Waals surface area contributed by atoms with Gasteiger partial charge in [-0.3, -0.25) is 4.79 Å². The van der Waals surface area contributed by atoms with Crippen molar-refractivity contribution in [3.05, 3.63) is 41.5 Å². The van der Waals surface area contributed by atoms with E-state index in [1.54, 1.807) is 13.0 Å². The lowest BCUT2D eigenvalue weighted by Gasteiger charge is -2.15. The van der Waals surface area contributed by atoms with Crippen LogP contribution < -0.4 is 10.1 Å². The van der Waals surface area contributed by atoms with E-state index in [1.165, 1.54) is 12.1 Å². The van der Waals surface area contributed by atoms with Crippen LogP contribution in [0.2, 0.25) is 0 Å². The molecule has 0 unspecified atom stereocenters. The van der Waals surface area contributed by atoms with Gasteiger partial charge < -0.3 is 10.1 Å². The first-order valence-corrected chi connectivity index (χ1v) is 7.08. The first kappa shape index (κ1) is 17.1. The van der Waals surface area contributed by atoms with Gasteiger partial charge in [-0.05, 0) is 31.9 Å². The van der Waals surface area contributed by atoms with Crippen molar-refractivity contribution in [1.82, 2.24) is 5.32 Å². The minimum absolute atomic E-state index is 0. The molecule has 0 atom stereocenters. The highest BCUT2D eigenvalue weighted by atomic mass is 19.3. The Hall–Kier alpha value is -1.91. The molecule has 0 radical (unpaired) electrons. The van der Waals surface area contributed by atoms with Gasteiger partial charge in [0, 0.05) is 18.6 Å². The average molecular weight is 299 g/mol. The Bertz CT molecular complexity index is 499. The number of amides is 1. The molecule has 21 heavy (non-hydrogen) atoms. The molecule has 118 valence electrons. The zero-order valence-corrected chi connectivity index (χ0v) is 12.5. The molecule has 0 spiro atoms. The molecule has 1 N–H and O–H groups in total. The molecular formula is C16H23F2NO2. The van der Waals surface area contributed by atoms with Gasteiger partial charge in [0.2, 0.25) is 0 Å². The molecule has 1 aromatic rings. The summed E-state index contributed by atoms with van der Waals surface area (Å²) in [5.74, 6) is -0.224. The molecule has 1 aliphatic carbocycles. The molecule has 2 rings (SSSR count). The molecule has 5 heteroatoms. The second kappa shape index (κ2) is 8.39. The Labute approximate surface area is 125 Å². The molecule has 0 saturated heterocycles. The van der Waals surface area contributed by atoms with Gasteiger partial charge in [0.25, 0.3) is 5.91 Å².